The van der Waals surface area contributed by atoms with Crippen LogP contribution in [0.25, 0.3) is 0 Å². The lowest BCUT2D eigenvalue weighted by molar-refractivity contribution is -0.107. The Bertz CT molecular complexity index is 457. The van der Waals surface area contributed by atoms with Gasteiger partial charge in [0.1, 0.15) is 6.29 Å². The normalized spacial score (nSPS) is 8.80. The summed E-state index contributed by atoms with van der Waals surface area (Å²) < 4.78 is 0. The third-order valence-electron chi connectivity index (χ3n) is 1.54. The molecule has 0 aliphatic carbocycles. The zero-order valence-electron chi connectivity index (χ0n) is 7.73. The van der Waals surface area contributed by atoms with E-state index in [-0.39, 0.29) is 17.8 Å². The van der Waals surface area contributed by atoms with E-state index in [4.69, 9.17) is 10.8 Å². The van der Waals surface area contributed by atoms with Crippen LogP contribution in [0.2, 0.25) is 0 Å². The molecule has 0 saturated carbocycles. The van der Waals surface area contributed by atoms with Crippen LogP contribution < -0.4 is 5.73 Å². The molecule has 0 amide bonds. The molecule has 15 heavy (non-hydrogen) atoms. The minimum absolute atomic E-state index is 0.0559. The summed E-state index contributed by atoms with van der Waals surface area (Å²) in [5.74, 6) is 4.02. The van der Waals surface area contributed by atoms with Crippen molar-refractivity contribution in [3.63, 3.8) is 0 Å². The van der Waals surface area contributed by atoms with E-state index in [1.54, 1.807) is 0 Å². The molecule has 5 heteroatoms. The molecular weight excluding hydrogens is 196 g/mol. The van der Waals surface area contributed by atoms with Gasteiger partial charge in [-0.25, -0.2) is 9.78 Å². The lowest BCUT2D eigenvalue weighted by atomic mass is 10.2. The first-order chi connectivity index (χ1) is 7.15. The first kappa shape index (κ1) is 10.7. The van der Waals surface area contributed by atoms with E-state index in [2.05, 4.69) is 16.8 Å². The zero-order chi connectivity index (χ0) is 11.3. The SMILES string of the molecule is Nc1cc(C#CCC=O)cnc1C(=O)O. The number of carboxylic acid groups (broad SMARTS) is 1. The van der Waals surface area contributed by atoms with Crippen molar-refractivity contribution in [2.45, 2.75) is 6.42 Å². The molecule has 1 aromatic heterocycles. The smallest absolute Gasteiger partial charge is 0.356 e. The first-order valence-corrected chi connectivity index (χ1v) is 4.06. The molecule has 0 aliphatic heterocycles. The van der Waals surface area contributed by atoms with Gasteiger partial charge < -0.3 is 15.6 Å². The second-order valence-electron chi connectivity index (χ2n) is 2.64. The molecule has 5 nitrogen and oxygen atoms in total. The van der Waals surface area contributed by atoms with Gasteiger partial charge in [-0.15, -0.1) is 0 Å². The molecule has 0 atom stereocenters. The Morgan fingerprint density at radius 1 is 1.67 bits per heavy atom. The van der Waals surface area contributed by atoms with Crippen LogP contribution in [0.1, 0.15) is 22.5 Å². The molecule has 0 spiro atoms. The number of hydrogen-bond acceptors (Lipinski definition) is 4. The molecule has 0 saturated heterocycles. The number of carboxylic acids is 1. The summed E-state index contributed by atoms with van der Waals surface area (Å²) >= 11 is 0. The van der Waals surface area contributed by atoms with Crippen LogP contribution in [0.3, 0.4) is 0 Å². The number of aromatic carboxylic acids is 1. The molecule has 1 heterocycles. The molecule has 0 aromatic carbocycles. The number of carbonyl (C=O) groups is 2. The van der Waals surface area contributed by atoms with Crippen LogP contribution in [0.4, 0.5) is 5.69 Å². The summed E-state index contributed by atoms with van der Waals surface area (Å²) in [7, 11) is 0. The predicted molar refractivity (Wildman–Crippen MR) is 53.2 cm³/mol. The average Bonchev–Trinajstić information content (AvgIpc) is 2.17. The lowest BCUT2D eigenvalue weighted by Gasteiger charge is -1.98. The monoisotopic (exact) mass is 204 g/mol. The number of rotatable bonds is 2. The van der Waals surface area contributed by atoms with Gasteiger partial charge in [-0.2, -0.15) is 0 Å². The first-order valence-electron chi connectivity index (χ1n) is 4.06. The fourth-order valence-corrected chi connectivity index (χ4v) is 0.924. The van der Waals surface area contributed by atoms with E-state index in [1.165, 1.54) is 12.3 Å². The second-order valence-corrected chi connectivity index (χ2v) is 2.64. The van der Waals surface area contributed by atoms with Gasteiger partial charge in [0.05, 0.1) is 12.1 Å². The largest absolute Gasteiger partial charge is 0.476 e. The standard InChI is InChI=1S/C10H8N2O3/c11-8-5-7(3-1-2-4-13)6-12-9(8)10(14)15/h4-6H,2,11H2,(H,14,15). The maximum Gasteiger partial charge on any atom is 0.356 e. The van der Waals surface area contributed by atoms with Gasteiger partial charge in [0.2, 0.25) is 0 Å². The number of pyridine rings is 1. The lowest BCUT2D eigenvalue weighted by Crippen LogP contribution is -2.05. The van der Waals surface area contributed by atoms with E-state index in [0.717, 1.165) is 0 Å². The molecule has 0 unspecified atom stereocenters. The van der Waals surface area contributed by atoms with Crippen LogP contribution >= 0.6 is 0 Å². The number of nitrogen functional groups attached to an aromatic ring is 1. The third-order valence-corrected chi connectivity index (χ3v) is 1.54. The van der Waals surface area contributed by atoms with Gasteiger partial charge in [-0.05, 0) is 6.07 Å². The van der Waals surface area contributed by atoms with E-state index in [0.29, 0.717) is 11.8 Å². The highest BCUT2D eigenvalue weighted by atomic mass is 16.4. The highest BCUT2D eigenvalue weighted by Gasteiger charge is 2.08. The van der Waals surface area contributed by atoms with Crippen molar-refractivity contribution in [2.75, 3.05) is 5.73 Å². The van der Waals surface area contributed by atoms with Crippen LogP contribution in [0.5, 0.6) is 0 Å². The van der Waals surface area contributed by atoms with Crippen molar-refractivity contribution in [1.82, 2.24) is 4.98 Å². The Kier molecular flexibility index (Phi) is 3.41. The highest BCUT2D eigenvalue weighted by molar-refractivity contribution is 5.91. The zero-order valence-corrected chi connectivity index (χ0v) is 7.73. The summed E-state index contributed by atoms with van der Waals surface area (Å²) in [5.41, 5.74) is 5.79. The summed E-state index contributed by atoms with van der Waals surface area (Å²) in [4.78, 5) is 24.2. The fraction of sp³-hybridized carbons (Fsp3) is 0.100. The van der Waals surface area contributed by atoms with Crippen LogP contribution in [-0.2, 0) is 4.79 Å². The van der Waals surface area contributed by atoms with Gasteiger partial charge in [0.15, 0.2) is 5.69 Å². The highest BCUT2D eigenvalue weighted by Crippen LogP contribution is 2.09. The van der Waals surface area contributed by atoms with Gasteiger partial charge in [0, 0.05) is 11.8 Å². The molecule has 0 fully saturated rings. The Balaban J connectivity index is 2.98. The van der Waals surface area contributed by atoms with Crippen molar-refractivity contribution in [3.05, 3.63) is 23.5 Å². The Hall–Kier alpha value is -2.35. The van der Waals surface area contributed by atoms with Crippen molar-refractivity contribution >= 4 is 17.9 Å². The van der Waals surface area contributed by atoms with Crippen molar-refractivity contribution in [3.8, 4) is 11.8 Å². The third kappa shape index (κ3) is 2.81. The van der Waals surface area contributed by atoms with Crippen LogP contribution in [0.15, 0.2) is 12.3 Å². The summed E-state index contributed by atoms with van der Waals surface area (Å²) in [6.45, 7) is 0. The molecule has 76 valence electrons. The molecule has 0 aliphatic rings. The fourth-order valence-electron chi connectivity index (χ4n) is 0.924. The number of nitrogens with zero attached hydrogens (tertiary/aromatic N) is 1. The Morgan fingerprint density at radius 2 is 2.40 bits per heavy atom. The van der Waals surface area contributed by atoms with Gasteiger partial charge in [-0.3, -0.25) is 0 Å². The number of hydrogen-bond donors (Lipinski definition) is 2. The summed E-state index contributed by atoms with van der Waals surface area (Å²) in [6, 6.07) is 1.41. The van der Waals surface area contributed by atoms with E-state index >= 15 is 0 Å². The number of aromatic nitrogens is 1. The molecule has 1 aromatic rings. The van der Waals surface area contributed by atoms with Crippen molar-refractivity contribution < 1.29 is 14.7 Å². The van der Waals surface area contributed by atoms with E-state index < -0.39 is 5.97 Å². The molecule has 1 rings (SSSR count). The molecular formula is C10H8N2O3. The van der Waals surface area contributed by atoms with Crippen LogP contribution in [-0.4, -0.2) is 22.3 Å². The van der Waals surface area contributed by atoms with E-state index in [1.807, 2.05) is 0 Å². The van der Waals surface area contributed by atoms with Crippen molar-refractivity contribution in [2.24, 2.45) is 0 Å². The maximum absolute atomic E-state index is 10.6. The van der Waals surface area contributed by atoms with Gasteiger partial charge >= 0.3 is 5.97 Å². The van der Waals surface area contributed by atoms with Gasteiger partial charge in [-0.1, -0.05) is 11.8 Å². The number of nitrogens with two attached hydrogens (primary N) is 1. The number of anilines is 1. The minimum atomic E-state index is -1.18. The topological polar surface area (TPSA) is 93.3 Å². The molecule has 0 bridgehead atoms. The predicted octanol–water partition coefficient (Wildman–Crippen LogP) is 0.302. The second kappa shape index (κ2) is 4.77. The number of carbonyl (C=O) groups excluding carboxylic acids is 1. The summed E-state index contributed by atoms with van der Waals surface area (Å²) in [6.07, 6.45) is 2.10. The van der Waals surface area contributed by atoms with Gasteiger partial charge in [0.25, 0.3) is 0 Å². The van der Waals surface area contributed by atoms with Crippen molar-refractivity contribution in [1.29, 1.82) is 0 Å². The average molecular weight is 204 g/mol. The summed E-state index contributed by atoms with van der Waals surface area (Å²) in [5, 5.41) is 8.65. The quantitative estimate of drug-likeness (QED) is 0.534. The minimum Gasteiger partial charge on any atom is -0.476 e. The molecule has 3 N–H and O–H groups in total. The number of aldehydes is 1. The maximum atomic E-state index is 10.6. The Morgan fingerprint density at radius 3 is 2.93 bits per heavy atom. The molecule has 0 radical (unpaired) electrons. The van der Waals surface area contributed by atoms with E-state index in [9.17, 15) is 9.59 Å². The Labute approximate surface area is 85.9 Å². The van der Waals surface area contributed by atoms with Crippen LogP contribution in [0, 0.1) is 11.8 Å².